The number of H-pyrrole nitrogens is 1. The van der Waals surface area contributed by atoms with Crippen LogP contribution in [-0.4, -0.2) is 15.7 Å². The third kappa shape index (κ3) is 3.57. The Balaban J connectivity index is 2.01. The molecule has 3 aromatic rings. The predicted molar refractivity (Wildman–Crippen MR) is 113 cm³/mol. The number of halogens is 3. The van der Waals surface area contributed by atoms with E-state index in [9.17, 15) is 19.7 Å². The second-order valence-electron chi connectivity index (χ2n) is 6.67. The van der Waals surface area contributed by atoms with E-state index in [0.717, 1.165) is 6.07 Å². The van der Waals surface area contributed by atoms with Crippen molar-refractivity contribution in [3.8, 4) is 0 Å². The summed E-state index contributed by atoms with van der Waals surface area (Å²) in [6, 6.07) is 7.15. The van der Waals surface area contributed by atoms with Crippen LogP contribution in [0, 0.1) is 16.0 Å². The number of pyridine rings is 1. The molecule has 10 heteroatoms. The predicted octanol–water partition coefficient (Wildman–Crippen LogP) is 5.73. The van der Waals surface area contributed by atoms with Gasteiger partial charge >= 0.3 is 0 Å². The zero-order chi connectivity index (χ0) is 20.9. The summed E-state index contributed by atoms with van der Waals surface area (Å²) in [6.07, 6.45) is 1.32. The lowest BCUT2D eigenvalue weighted by Crippen LogP contribution is -2.21. The van der Waals surface area contributed by atoms with Crippen molar-refractivity contribution in [1.29, 1.82) is 0 Å². The van der Waals surface area contributed by atoms with E-state index in [1.54, 1.807) is 12.1 Å². The standard InChI is InChI=1S/C19H12Cl3N3O4/c20-9-3-5-12(11(22)7-9)23-19-15(17(26)8-1-2-8)18(27)14-13(25(28)29)6-4-10(21)16(14)24-19/h3-8H,1-2H2,(H2,23,24,27). The van der Waals surface area contributed by atoms with E-state index in [2.05, 4.69) is 10.3 Å². The number of hydrogen-bond donors (Lipinski definition) is 2. The second-order valence-corrected chi connectivity index (χ2v) is 7.92. The van der Waals surface area contributed by atoms with Crippen molar-refractivity contribution in [3.63, 3.8) is 0 Å². The molecular weight excluding hydrogens is 441 g/mol. The molecule has 4 rings (SSSR count). The first-order valence-electron chi connectivity index (χ1n) is 8.57. The highest BCUT2D eigenvalue weighted by atomic mass is 35.5. The minimum absolute atomic E-state index is 0.0609. The average Bonchev–Trinajstić information content (AvgIpc) is 3.49. The van der Waals surface area contributed by atoms with Gasteiger partial charge in [0.25, 0.3) is 5.69 Å². The number of nitro benzene ring substituents is 1. The van der Waals surface area contributed by atoms with Gasteiger partial charge in [0.05, 0.1) is 26.2 Å². The van der Waals surface area contributed by atoms with Gasteiger partial charge in [-0.25, -0.2) is 0 Å². The van der Waals surface area contributed by atoms with E-state index in [-0.39, 0.29) is 44.0 Å². The van der Waals surface area contributed by atoms with Crippen LogP contribution in [0.5, 0.6) is 0 Å². The van der Waals surface area contributed by atoms with Crippen molar-refractivity contribution in [1.82, 2.24) is 4.98 Å². The molecule has 7 nitrogen and oxygen atoms in total. The van der Waals surface area contributed by atoms with Gasteiger partial charge in [0.1, 0.15) is 16.8 Å². The number of fused-ring (bicyclic) bond motifs is 1. The molecule has 1 aliphatic rings. The second kappa shape index (κ2) is 7.33. The molecular formula is C19H12Cl3N3O4. The lowest BCUT2D eigenvalue weighted by Gasteiger charge is -2.14. The lowest BCUT2D eigenvalue weighted by atomic mass is 10.0. The molecule has 0 atom stereocenters. The minimum Gasteiger partial charge on any atom is -0.340 e. The van der Waals surface area contributed by atoms with E-state index in [0.29, 0.717) is 23.6 Å². The molecule has 2 aromatic carbocycles. The number of nitrogens with one attached hydrogen (secondary N) is 2. The van der Waals surface area contributed by atoms with Crippen LogP contribution in [0.1, 0.15) is 23.2 Å². The monoisotopic (exact) mass is 451 g/mol. The number of aromatic nitrogens is 1. The van der Waals surface area contributed by atoms with E-state index < -0.39 is 16.0 Å². The summed E-state index contributed by atoms with van der Waals surface area (Å²) in [4.78, 5) is 39.8. The number of nitrogens with zero attached hydrogens (tertiary/aromatic N) is 1. The minimum atomic E-state index is -0.752. The van der Waals surface area contributed by atoms with Crippen LogP contribution in [0.4, 0.5) is 17.2 Å². The number of non-ortho nitro benzene ring substituents is 1. The number of hydrogen-bond acceptors (Lipinski definition) is 5. The number of nitro groups is 1. The fraction of sp³-hybridized carbons (Fsp3) is 0.158. The van der Waals surface area contributed by atoms with Crippen molar-refractivity contribution in [3.05, 3.63) is 71.3 Å². The maximum atomic E-state index is 13.2. The van der Waals surface area contributed by atoms with Crippen molar-refractivity contribution in [2.75, 3.05) is 5.32 Å². The first kappa shape index (κ1) is 19.7. The molecule has 29 heavy (non-hydrogen) atoms. The summed E-state index contributed by atoms with van der Waals surface area (Å²) in [5.74, 6) is -0.589. The number of anilines is 2. The smallest absolute Gasteiger partial charge is 0.282 e. The molecule has 1 aliphatic carbocycles. The first-order chi connectivity index (χ1) is 13.8. The van der Waals surface area contributed by atoms with Crippen LogP contribution in [0.3, 0.4) is 0 Å². The first-order valence-corrected chi connectivity index (χ1v) is 9.70. The quantitative estimate of drug-likeness (QED) is 0.292. The van der Waals surface area contributed by atoms with Gasteiger partial charge in [0.2, 0.25) is 5.43 Å². The fourth-order valence-corrected chi connectivity index (χ4v) is 3.76. The summed E-state index contributed by atoms with van der Waals surface area (Å²) in [7, 11) is 0. The third-order valence-corrected chi connectivity index (χ3v) is 5.53. The van der Waals surface area contributed by atoms with Crippen LogP contribution >= 0.6 is 34.8 Å². The number of benzene rings is 2. The number of Topliss-reactive ketones (excluding diaryl/α,β-unsaturated/α-hetero) is 1. The van der Waals surface area contributed by atoms with Crippen LogP contribution in [-0.2, 0) is 0 Å². The third-order valence-electron chi connectivity index (χ3n) is 4.67. The molecule has 0 unspecified atom stereocenters. The van der Waals surface area contributed by atoms with Gasteiger partial charge in [-0.2, -0.15) is 0 Å². The molecule has 1 heterocycles. The molecule has 0 bridgehead atoms. The van der Waals surface area contributed by atoms with Crippen LogP contribution in [0.25, 0.3) is 10.9 Å². The molecule has 0 amide bonds. The van der Waals surface area contributed by atoms with E-state index in [1.807, 2.05) is 0 Å². The number of carbonyl (C=O) groups excluding carboxylic acids is 1. The summed E-state index contributed by atoms with van der Waals surface area (Å²) < 4.78 is 0. The molecule has 148 valence electrons. The van der Waals surface area contributed by atoms with Gasteiger partial charge in [-0.15, -0.1) is 0 Å². The van der Waals surface area contributed by atoms with Gasteiger partial charge in [0, 0.05) is 17.0 Å². The Morgan fingerprint density at radius 2 is 1.86 bits per heavy atom. The zero-order valence-electron chi connectivity index (χ0n) is 14.6. The van der Waals surface area contributed by atoms with Gasteiger partial charge in [0.15, 0.2) is 5.78 Å². The number of ketones is 1. The van der Waals surface area contributed by atoms with Crippen molar-refractivity contribution < 1.29 is 9.72 Å². The summed E-state index contributed by atoms with van der Waals surface area (Å²) in [6.45, 7) is 0. The Morgan fingerprint density at radius 3 is 2.48 bits per heavy atom. The van der Waals surface area contributed by atoms with Crippen LogP contribution in [0.2, 0.25) is 15.1 Å². The Kier molecular flexibility index (Phi) is 4.98. The normalized spacial score (nSPS) is 13.5. The Bertz CT molecular complexity index is 1250. The van der Waals surface area contributed by atoms with Crippen molar-refractivity contribution in [2.24, 2.45) is 5.92 Å². The van der Waals surface area contributed by atoms with Gasteiger partial charge in [-0.1, -0.05) is 34.8 Å². The van der Waals surface area contributed by atoms with E-state index in [4.69, 9.17) is 34.8 Å². The molecule has 0 saturated heterocycles. The highest BCUT2D eigenvalue weighted by Crippen LogP contribution is 2.37. The Morgan fingerprint density at radius 1 is 1.14 bits per heavy atom. The van der Waals surface area contributed by atoms with E-state index in [1.165, 1.54) is 12.1 Å². The highest BCUT2D eigenvalue weighted by molar-refractivity contribution is 6.37. The van der Waals surface area contributed by atoms with Gasteiger partial charge in [-0.05, 0) is 37.1 Å². The average molecular weight is 453 g/mol. The summed E-state index contributed by atoms with van der Waals surface area (Å²) in [5, 5.41) is 14.9. The summed E-state index contributed by atoms with van der Waals surface area (Å²) in [5.41, 5.74) is -0.899. The topological polar surface area (TPSA) is 105 Å². The van der Waals surface area contributed by atoms with Gasteiger partial charge in [-0.3, -0.25) is 19.7 Å². The zero-order valence-corrected chi connectivity index (χ0v) is 16.9. The van der Waals surface area contributed by atoms with Crippen LogP contribution < -0.4 is 10.7 Å². The lowest BCUT2D eigenvalue weighted by molar-refractivity contribution is -0.383. The van der Waals surface area contributed by atoms with Crippen LogP contribution in [0.15, 0.2) is 35.1 Å². The molecule has 0 spiro atoms. The molecule has 0 aliphatic heterocycles. The Hall–Kier alpha value is -2.61. The van der Waals surface area contributed by atoms with Crippen molar-refractivity contribution >= 4 is 68.7 Å². The van der Waals surface area contributed by atoms with Gasteiger partial charge < -0.3 is 10.3 Å². The Labute approximate surface area is 178 Å². The molecule has 2 N–H and O–H groups in total. The number of aromatic amines is 1. The highest BCUT2D eigenvalue weighted by Gasteiger charge is 2.35. The SMILES string of the molecule is O=C(c1c(Nc2ccc(Cl)cc2Cl)[nH]c2c(Cl)ccc([N+](=O)[O-])c2c1=O)C1CC1. The fourth-order valence-electron chi connectivity index (χ4n) is 3.10. The van der Waals surface area contributed by atoms with Crippen molar-refractivity contribution in [2.45, 2.75) is 12.8 Å². The number of rotatable bonds is 5. The number of carbonyl (C=O) groups is 1. The summed E-state index contributed by atoms with van der Waals surface area (Å²) >= 11 is 18.3. The molecule has 0 radical (unpaired) electrons. The molecule has 1 saturated carbocycles. The largest absolute Gasteiger partial charge is 0.340 e. The van der Waals surface area contributed by atoms with E-state index >= 15 is 0 Å². The molecule has 1 fully saturated rings. The molecule has 1 aromatic heterocycles. The maximum Gasteiger partial charge on any atom is 0.282 e. The maximum absolute atomic E-state index is 13.2.